The fraction of sp³-hybridized carbons (Fsp3) is 0.333. The number of carbonyl (C=O) groups is 1. The van der Waals surface area contributed by atoms with Crippen LogP contribution in [0.5, 0.6) is 0 Å². The monoisotopic (exact) mass is 221 g/mol. The molecule has 1 rings (SSSR count). The minimum atomic E-state index is -0.700. The van der Waals surface area contributed by atoms with Gasteiger partial charge < -0.3 is 4.74 Å². The number of esters is 1. The molecule has 0 aliphatic rings. The summed E-state index contributed by atoms with van der Waals surface area (Å²) >= 11 is 0. The van der Waals surface area contributed by atoms with Crippen molar-refractivity contribution in [3.8, 4) is 6.07 Å². The zero-order chi connectivity index (χ0) is 12.1. The van der Waals surface area contributed by atoms with Crippen LogP contribution in [0.2, 0.25) is 0 Å². The number of aryl methyl sites for hydroxylation is 1. The van der Waals surface area contributed by atoms with Gasteiger partial charge in [0.05, 0.1) is 23.8 Å². The lowest BCUT2D eigenvalue weighted by atomic mass is 10.0. The first-order valence-electron chi connectivity index (χ1n) is 5.03. The molecule has 0 saturated carbocycles. The minimum Gasteiger partial charge on any atom is -0.462 e. The third kappa shape index (κ3) is 2.37. The van der Waals surface area contributed by atoms with Crippen molar-refractivity contribution in [2.75, 3.05) is 6.61 Å². The number of nitriles is 1. The number of carbonyl (C=O) groups excluding carboxylic acids is 1. The first-order chi connectivity index (χ1) is 7.63. The molecule has 84 valence electrons. The summed E-state index contributed by atoms with van der Waals surface area (Å²) in [6, 6.07) is 4.40. The topological polar surface area (TPSA) is 50.1 Å². The second-order valence-corrected chi connectivity index (χ2v) is 3.18. The van der Waals surface area contributed by atoms with Crippen LogP contribution >= 0.6 is 0 Å². The summed E-state index contributed by atoms with van der Waals surface area (Å²) in [5.74, 6) is -1.38. The van der Waals surface area contributed by atoms with Gasteiger partial charge >= 0.3 is 5.97 Å². The molecule has 0 aliphatic carbocycles. The van der Waals surface area contributed by atoms with Crippen LogP contribution in [0.4, 0.5) is 4.39 Å². The van der Waals surface area contributed by atoms with E-state index in [2.05, 4.69) is 0 Å². The van der Waals surface area contributed by atoms with Gasteiger partial charge in [-0.1, -0.05) is 6.92 Å². The van der Waals surface area contributed by atoms with Crippen molar-refractivity contribution in [3.05, 3.63) is 34.6 Å². The van der Waals surface area contributed by atoms with Crippen LogP contribution < -0.4 is 0 Å². The zero-order valence-corrected chi connectivity index (χ0v) is 9.21. The van der Waals surface area contributed by atoms with Gasteiger partial charge in [0.25, 0.3) is 0 Å². The normalized spacial score (nSPS) is 9.62. The second-order valence-electron chi connectivity index (χ2n) is 3.18. The average Bonchev–Trinajstić information content (AvgIpc) is 2.27. The molecule has 1 aromatic rings. The van der Waals surface area contributed by atoms with E-state index in [-0.39, 0.29) is 17.7 Å². The molecule has 0 N–H and O–H groups in total. The number of benzene rings is 1. The predicted molar refractivity (Wildman–Crippen MR) is 56.4 cm³/mol. The predicted octanol–water partition coefficient (Wildman–Crippen LogP) is 2.44. The quantitative estimate of drug-likeness (QED) is 0.736. The molecule has 0 bridgehead atoms. The maximum Gasteiger partial charge on any atom is 0.341 e. The largest absolute Gasteiger partial charge is 0.462 e. The van der Waals surface area contributed by atoms with E-state index in [1.807, 2.05) is 6.07 Å². The highest BCUT2D eigenvalue weighted by Crippen LogP contribution is 2.18. The van der Waals surface area contributed by atoms with Crippen molar-refractivity contribution in [1.82, 2.24) is 0 Å². The van der Waals surface area contributed by atoms with Gasteiger partial charge in [-0.25, -0.2) is 9.18 Å². The van der Waals surface area contributed by atoms with Gasteiger partial charge in [0.1, 0.15) is 5.82 Å². The van der Waals surface area contributed by atoms with Crippen molar-refractivity contribution in [2.45, 2.75) is 20.3 Å². The molecule has 0 aliphatic heterocycles. The lowest BCUT2D eigenvalue weighted by Crippen LogP contribution is -2.11. The number of hydrogen-bond donors (Lipinski definition) is 0. The molecule has 3 nitrogen and oxygen atoms in total. The number of halogens is 1. The molecule has 0 saturated heterocycles. The molecule has 0 unspecified atom stereocenters. The van der Waals surface area contributed by atoms with Gasteiger partial charge in [0.2, 0.25) is 0 Å². The van der Waals surface area contributed by atoms with Crippen molar-refractivity contribution in [2.24, 2.45) is 0 Å². The molecule has 16 heavy (non-hydrogen) atoms. The Balaban J connectivity index is 3.28. The Bertz CT molecular complexity index is 449. The van der Waals surface area contributed by atoms with Gasteiger partial charge in [-0.15, -0.1) is 0 Å². The molecule has 0 atom stereocenters. The van der Waals surface area contributed by atoms with E-state index in [4.69, 9.17) is 10.00 Å². The number of hydrogen-bond acceptors (Lipinski definition) is 3. The van der Waals surface area contributed by atoms with Crippen molar-refractivity contribution in [3.63, 3.8) is 0 Å². The molecule has 0 spiro atoms. The molecule has 0 aromatic heterocycles. The van der Waals surface area contributed by atoms with Crippen LogP contribution in [0.3, 0.4) is 0 Å². The van der Waals surface area contributed by atoms with Crippen LogP contribution in [0, 0.1) is 17.1 Å². The second kappa shape index (κ2) is 5.26. The van der Waals surface area contributed by atoms with E-state index in [9.17, 15) is 9.18 Å². The SMILES string of the molecule is CCOC(=O)c1c(F)cc(C#N)cc1CC. The lowest BCUT2D eigenvalue weighted by Gasteiger charge is -2.08. The molecule has 4 heteroatoms. The molecule has 1 aromatic carbocycles. The van der Waals surface area contributed by atoms with E-state index in [1.54, 1.807) is 13.8 Å². The number of ether oxygens (including phenoxy) is 1. The van der Waals surface area contributed by atoms with E-state index < -0.39 is 11.8 Å². The third-order valence-electron chi connectivity index (χ3n) is 2.16. The summed E-state index contributed by atoms with van der Waals surface area (Å²) in [7, 11) is 0. The van der Waals surface area contributed by atoms with Crippen LogP contribution in [-0.2, 0) is 11.2 Å². The molecular formula is C12H12FNO2. The van der Waals surface area contributed by atoms with Crippen molar-refractivity contribution in [1.29, 1.82) is 5.26 Å². The van der Waals surface area contributed by atoms with E-state index >= 15 is 0 Å². The smallest absolute Gasteiger partial charge is 0.341 e. The van der Waals surface area contributed by atoms with Crippen molar-refractivity contribution < 1.29 is 13.9 Å². The highest BCUT2D eigenvalue weighted by molar-refractivity contribution is 5.91. The Hall–Kier alpha value is -1.89. The Morgan fingerprint density at radius 3 is 2.69 bits per heavy atom. The van der Waals surface area contributed by atoms with Crippen LogP contribution in [0.15, 0.2) is 12.1 Å². The summed E-state index contributed by atoms with van der Waals surface area (Å²) in [5, 5.41) is 8.68. The maximum absolute atomic E-state index is 13.6. The summed E-state index contributed by atoms with van der Waals surface area (Å²) < 4.78 is 18.4. The van der Waals surface area contributed by atoms with Crippen molar-refractivity contribution >= 4 is 5.97 Å². The number of rotatable bonds is 3. The zero-order valence-electron chi connectivity index (χ0n) is 9.21. The summed E-state index contributed by atoms with van der Waals surface area (Å²) in [4.78, 5) is 11.5. The van der Waals surface area contributed by atoms with Crippen LogP contribution in [-0.4, -0.2) is 12.6 Å². The van der Waals surface area contributed by atoms with Gasteiger partial charge in [0.15, 0.2) is 0 Å². The van der Waals surface area contributed by atoms with Gasteiger partial charge in [0, 0.05) is 0 Å². The minimum absolute atomic E-state index is 0.0663. The Kier molecular flexibility index (Phi) is 4.01. The molecule has 0 radical (unpaired) electrons. The fourth-order valence-corrected chi connectivity index (χ4v) is 1.44. The van der Waals surface area contributed by atoms with Gasteiger partial charge in [-0.05, 0) is 31.0 Å². The fourth-order valence-electron chi connectivity index (χ4n) is 1.44. The average molecular weight is 221 g/mol. The van der Waals surface area contributed by atoms with Gasteiger partial charge in [-0.3, -0.25) is 0 Å². The third-order valence-corrected chi connectivity index (χ3v) is 2.16. The van der Waals surface area contributed by atoms with E-state index in [1.165, 1.54) is 6.07 Å². The highest BCUT2D eigenvalue weighted by atomic mass is 19.1. The number of nitrogens with zero attached hydrogens (tertiary/aromatic N) is 1. The Morgan fingerprint density at radius 2 is 2.19 bits per heavy atom. The molecule has 0 heterocycles. The lowest BCUT2D eigenvalue weighted by molar-refractivity contribution is 0.0519. The van der Waals surface area contributed by atoms with E-state index in [0.29, 0.717) is 12.0 Å². The maximum atomic E-state index is 13.6. The Morgan fingerprint density at radius 1 is 1.50 bits per heavy atom. The Labute approximate surface area is 93.5 Å². The van der Waals surface area contributed by atoms with Gasteiger partial charge in [-0.2, -0.15) is 5.26 Å². The molecular weight excluding hydrogens is 209 g/mol. The van der Waals surface area contributed by atoms with E-state index in [0.717, 1.165) is 6.07 Å². The molecule has 0 fully saturated rings. The summed E-state index contributed by atoms with van der Waals surface area (Å²) in [6.45, 7) is 3.64. The standard InChI is InChI=1S/C12H12FNO2/c1-3-9-5-8(7-14)6-10(13)11(9)12(15)16-4-2/h5-6H,3-4H2,1-2H3. The summed E-state index contributed by atoms with van der Waals surface area (Å²) in [6.07, 6.45) is 0.473. The first-order valence-corrected chi connectivity index (χ1v) is 5.03. The highest BCUT2D eigenvalue weighted by Gasteiger charge is 2.18. The first kappa shape index (κ1) is 12.2. The molecule has 0 amide bonds. The van der Waals surface area contributed by atoms with Crippen LogP contribution in [0.25, 0.3) is 0 Å². The van der Waals surface area contributed by atoms with Crippen LogP contribution in [0.1, 0.15) is 35.3 Å². The summed E-state index contributed by atoms with van der Waals surface area (Å²) in [5.41, 5.74) is 0.640.